The number of ether oxygens (including phenoxy) is 1. The first-order valence-electron chi connectivity index (χ1n) is 12.4. The average Bonchev–Trinajstić information content (AvgIpc) is 3.27. The van der Waals surface area contributed by atoms with E-state index in [4.69, 9.17) is 14.0 Å². The summed E-state index contributed by atoms with van der Waals surface area (Å²) in [7, 11) is -0.472. The van der Waals surface area contributed by atoms with E-state index in [0.717, 1.165) is 12.8 Å². The van der Waals surface area contributed by atoms with Crippen molar-refractivity contribution >= 4 is 19.1 Å². The molecule has 0 unspecified atom stereocenters. The Morgan fingerprint density at radius 1 is 1.19 bits per heavy atom. The van der Waals surface area contributed by atoms with Gasteiger partial charge in [-0.3, -0.25) is 9.69 Å². The van der Waals surface area contributed by atoms with Crippen LogP contribution in [0.5, 0.6) is 0 Å². The Morgan fingerprint density at radius 2 is 1.88 bits per heavy atom. The van der Waals surface area contributed by atoms with Crippen molar-refractivity contribution in [3.05, 3.63) is 0 Å². The molecule has 0 spiro atoms. The zero-order chi connectivity index (χ0) is 23.6. The summed E-state index contributed by atoms with van der Waals surface area (Å²) in [5.41, 5.74) is -0.624. The molecular formula is C24H41BN2O5. The zero-order valence-electron chi connectivity index (χ0n) is 21.1. The second kappa shape index (κ2) is 7.90. The predicted molar refractivity (Wildman–Crippen MR) is 123 cm³/mol. The lowest BCUT2D eigenvalue weighted by Crippen LogP contribution is -2.65. The Bertz CT molecular complexity index is 766. The fourth-order valence-corrected chi connectivity index (χ4v) is 6.44. The summed E-state index contributed by atoms with van der Waals surface area (Å²) in [5.74, 6) is 0.868. The van der Waals surface area contributed by atoms with Gasteiger partial charge in [0.1, 0.15) is 11.6 Å². The Hall–Kier alpha value is -1.28. The summed E-state index contributed by atoms with van der Waals surface area (Å²) in [4.78, 5) is 27.5. The highest BCUT2D eigenvalue weighted by molar-refractivity contribution is 6.48. The number of amides is 2. The van der Waals surface area contributed by atoms with Crippen molar-refractivity contribution in [3.8, 4) is 0 Å². The maximum absolute atomic E-state index is 13.3. The molecule has 0 aromatic carbocycles. The predicted octanol–water partition coefficient (Wildman–Crippen LogP) is 3.79. The minimum Gasteiger partial charge on any atom is -0.444 e. The molecule has 6 atom stereocenters. The molecule has 2 heterocycles. The molecule has 180 valence electrons. The van der Waals surface area contributed by atoms with Crippen LogP contribution in [0.4, 0.5) is 4.79 Å². The fourth-order valence-electron chi connectivity index (χ4n) is 6.44. The van der Waals surface area contributed by atoms with E-state index in [0.29, 0.717) is 24.8 Å². The molecule has 2 bridgehead atoms. The number of carbonyl (C=O) groups excluding carboxylic acids is 2. The molecule has 0 aromatic rings. The summed E-state index contributed by atoms with van der Waals surface area (Å²) >= 11 is 0. The van der Waals surface area contributed by atoms with Crippen molar-refractivity contribution in [1.29, 1.82) is 0 Å². The van der Waals surface area contributed by atoms with Crippen molar-refractivity contribution in [1.82, 2.24) is 10.2 Å². The van der Waals surface area contributed by atoms with Gasteiger partial charge in [-0.25, -0.2) is 4.79 Å². The molecular weight excluding hydrogens is 407 g/mol. The van der Waals surface area contributed by atoms with Gasteiger partial charge in [0.2, 0.25) is 5.91 Å². The van der Waals surface area contributed by atoms with Crippen LogP contribution in [0.3, 0.4) is 0 Å². The molecule has 8 heteroatoms. The monoisotopic (exact) mass is 448 g/mol. The summed E-state index contributed by atoms with van der Waals surface area (Å²) < 4.78 is 18.6. The van der Waals surface area contributed by atoms with Crippen LogP contribution in [0, 0.1) is 23.2 Å². The Balaban J connectivity index is 1.44. The maximum atomic E-state index is 13.3. The highest BCUT2D eigenvalue weighted by Crippen LogP contribution is 2.65. The lowest BCUT2D eigenvalue weighted by Gasteiger charge is -2.64. The smallest absolute Gasteiger partial charge is 0.444 e. The molecule has 5 aliphatic rings. The summed E-state index contributed by atoms with van der Waals surface area (Å²) in [5, 5.41) is 3.19. The van der Waals surface area contributed by atoms with Gasteiger partial charge >= 0.3 is 13.2 Å². The maximum Gasteiger partial charge on any atom is 0.481 e. The molecule has 5 fully saturated rings. The number of hydrogen-bond acceptors (Lipinski definition) is 5. The lowest BCUT2D eigenvalue weighted by molar-refractivity contribution is -0.199. The zero-order valence-corrected chi connectivity index (χ0v) is 21.1. The van der Waals surface area contributed by atoms with Gasteiger partial charge in [0.25, 0.3) is 0 Å². The Kier molecular flexibility index (Phi) is 5.89. The summed E-state index contributed by atoms with van der Waals surface area (Å²) in [6.07, 6.45) is 3.29. The van der Waals surface area contributed by atoms with Gasteiger partial charge in [0.15, 0.2) is 0 Å². The van der Waals surface area contributed by atoms with Crippen LogP contribution in [-0.4, -0.2) is 59.9 Å². The SMILES string of the molecule is CC(C)[C@H](NC(=O)[C@@H]1CCCN1C(=O)OC(C)(C)C)B1O[C@@H]2C[C@@H]3C[C@@H](C3(C)C)[C@]2(C)O1. The summed E-state index contributed by atoms with van der Waals surface area (Å²) in [6, 6.07) is -0.517. The van der Waals surface area contributed by atoms with Gasteiger partial charge in [-0.2, -0.15) is 0 Å². The van der Waals surface area contributed by atoms with Crippen LogP contribution in [0.1, 0.15) is 81.1 Å². The third-order valence-electron chi connectivity index (χ3n) is 8.47. The number of hydrogen-bond donors (Lipinski definition) is 1. The first kappa shape index (κ1) is 23.9. The topological polar surface area (TPSA) is 77.1 Å². The first-order valence-corrected chi connectivity index (χ1v) is 12.4. The van der Waals surface area contributed by atoms with E-state index in [1.165, 1.54) is 6.42 Å². The number of nitrogens with zero attached hydrogens (tertiary/aromatic N) is 1. The molecule has 3 aliphatic carbocycles. The molecule has 7 nitrogen and oxygen atoms in total. The molecule has 2 amide bonds. The molecule has 2 saturated heterocycles. The third kappa shape index (κ3) is 3.95. The third-order valence-corrected chi connectivity index (χ3v) is 8.47. The second-order valence-electron chi connectivity index (χ2n) is 12.4. The Labute approximate surface area is 193 Å². The van der Waals surface area contributed by atoms with Crippen molar-refractivity contribution in [3.63, 3.8) is 0 Å². The quantitative estimate of drug-likeness (QED) is 0.663. The number of carbonyl (C=O) groups is 2. The lowest BCUT2D eigenvalue weighted by atomic mass is 9.43. The highest BCUT2D eigenvalue weighted by Gasteiger charge is 2.68. The molecule has 2 aliphatic heterocycles. The van der Waals surface area contributed by atoms with Crippen LogP contribution >= 0.6 is 0 Å². The van der Waals surface area contributed by atoms with Crippen LogP contribution in [0.2, 0.25) is 0 Å². The highest BCUT2D eigenvalue weighted by atomic mass is 16.7. The van der Waals surface area contributed by atoms with Crippen molar-refractivity contribution in [2.45, 2.75) is 110 Å². The van der Waals surface area contributed by atoms with Crippen molar-refractivity contribution < 1.29 is 23.6 Å². The minimum absolute atomic E-state index is 0.0761. The van der Waals surface area contributed by atoms with Gasteiger partial charge in [0, 0.05) is 6.54 Å². The minimum atomic E-state index is -0.590. The van der Waals surface area contributed by atoms with Gasteiger partial charge in [-0.05, 0) is 76.5 Å². The van der Waals surface area contributed by atoms with Crippen molar-refractivity contribution in [2.24, 2.45) is 23.2 Å². The first-order chi connectivity index (χ1) is 14.7. The van der Waals surface area contributed by atoms with E-state index >= 15 is 0 Å². The van der Waals surface area contributed by atoms with Crippen LogP contribution in [0.25, 0.3) is 0 Å². The van der Waals surface area contributed by atoms with Crippen LogP contribution in [-0.2, 0) is 18.8 Å². The van der Waals surface area contributed by atoms with E-state index in [-0.39, 0.29) is 34.9 Å². The van der Waals surface area contributed by atoms with Gasteiger partial charge < -0.3 is 19.4 Å². The average molecular weight is 448 g/mol. The van der Waals surface area contributed by atoms with E-state index in [9.17, 15) is 9.59 Å². The molecule has 3 saturated carbocycles. The van der Waals surface area contributed by atoms with Crippen LogP contribution in [0.15, 0.2) is 0 Å². The van der Waals surface area contributed by atoms with E-state index in [1.807, 2.05) is 20.8 Å². The van der Waals surface area contributed by atoms with Gasteiger partial charge in [-0.1, -0.05) is 27.7 Å². The summed E-state index contributed by atoms with van der Waals surface area (Å²) in [6.45, 7) is 17.1. The standard InChI is InChI=1S/C24H41BN2O5/c1-14(2)19(25-31-18-13-15-12-17(23(15,6)7)24(18,8)32-25)26-20(28)16-10-9-11-27(16)21(29)30-22(3,4)5/h14-19H,9-13H2,1-8H3,(H,26,28)/t15-,16-,17-,18+,19-,24-/m0/s1. The fraction of sp³-hybridized carbons (Fsp3) is 0.917. The molecule has 1 N–H and O–H groups in total. The molecule has 0 radical (unpaired) electrons. The van der Waals surface area contributed by atoms with E-state index in [2.05, 4.69) is 39.9 Å². The molecule has 0 aromatic heterocycles. The normalized spacial score (nSPS) is 36.5. The Morgan fingerprint density at radius 3 is 2.47 bits per heavy atom. The van der Waals surface area contributed by atoms with E-state index in [1.54, 1.807) is 4.90 Å². The number of nitrogens with one attached hydrogen (secondary N) is 1. The van der Waals surface area contributed by atoms with Crippen molar-refractivity contribution in [2.75, 3.05) is 6.54 Å². The number of likely N-dealkylation sites (tertiary alicyclic amines) is 1. The van der Waals surface area contributed by atoms with Gasteiger partial charge in [0.05, 0.1) is 17.6 Å². The largest absolute Gasteiger partial charge is 0.481 e. The second-order valence-corrected chi connectivity index (χ2v) is 12.4. The molecule has 32 heavy (non-hydrogen) atoms. The van der Waals surface area contributed by atoms with E-state index < -0.39 is 24.9 Å². The molecule has 5 rings (SSSR count). The number of rotatable bonds is 4. The van der Waals surface area contributed by atoms with Gasteiger partial charge in [-0.15, -0.1) is 0 Å². The van der Waals surface area contributed by atoms with Crippen LogP contribution < -0.4 is 5.32 Å².